The van der Waals surface area contributed by atoms with Crippen molar-refractivity contribution in [2.45, 2.75) is 19.9 Å². The molecule has 3 aromatic carbocycles. The fourth-order valence-corrected chi connectivity index (χ4v) is 3.68. The summed E-state index contributed by atoms with van der Waals surface area (Å²) in [6.45, 7) is 2.13. The first-order chi connectivity index (χ1) is 17.5. The van der Waals surface area contributed by atoms with E-state index in [0.717, 1.165) is 22.6 Å². The van der Waals surface area contributed by atoms with Crippen molar-refractivity contribution in [2.24, 2.45) is 0 Å². The van der Waals surface area contributed by atoms with Crippen molar-refractivity contribution in [3.05, 3.63) is 108 Å². The fraction of sp³-hybridized carbons (Fsp3) is 0.179. The summed E-state index contributed by atoms with van der Waals surface area (Å²) in [5.74, 6) is 0.558. The van der Waals surface area contributed by atoms with Crippen molar-refractivity contribution < 1.29 is 23.8 Å². The van der Waals surface area contributed by atoms with Gasteiger partial charge in [0.1, 0.15) is 18.1 Å². The molecule has 4 rings (SSSR count). The molecule has 0 spiro atoms. The molecule has 1 amide bonds. The topological polar surface area (TPSA) is 105 Å². The van der Waals surface area contributed by atoms with E-state index in [9.17, 15) is 14.7 Å². The molecule has 8 heteroatoms. The molecule has 4 aromatic rings. The Morgan fingerprint density at radius 3 is 2.44 bits per heavy atom. The highest BCUT2D eigenvalue weighted by Crippen LogP contribution is 2.22. The van der Waals surface area contributed by atoms with Crippen molar-refractivity contribution >= 4 is 11.9 Å². The Morgan fingerprint density at radius 1 is 1.00 bits per heavy atom. The number of ether oxygens (including phenoxy) is 1. The molecule has 2 N–H and O–H groups in total. The van der Waals surface area contributed by atoms with E-state index in [1.165, 1.54) is 5.01 Å². The summed E-state index contributed by atoms with van der Waals surface area (Å²) >= 11 is 0. The molecule has 36 heavy (non-hydrogen) atoms. The molecule has 0 fully saturated rings. The van der Waals surface area contributed by atoms with E-state index in [-0.39, 0.29) is 19.0 Å². The Morgan fingerprint density at radius 2 is 1.72 bits per heavy atom. The molecule has 0 saturated heterocycles. The zero-order valence-electron chi connectivity index (χ0n) is 19.9. The molecule has 1 aromatic heterocycles. The number of aryl methyl sites for hydroxylation is 1. The molecule has 0 atom stereocenters. The van der Waals surface area contributed by atoms with Crippen LogP contribution in [0.25, 0.3) is 11.5 Å². The van der Waals surface area contributed by atoms with E-state index >= 15 is 0 Å². The number of aliphatic carboxylic acids is 1. The number of aromatic nitrogens is 1. The van der Waals surface area contributed by atoms with Gasteiger partial charge in [-0.25, -0.2) is 9.99 Å². The normalized spacial score (nSPS) is 10.8. The van der Waals surface area contributed by atoms with Crippen molar-refractivity contribution in [1.82, 2.24) is 15.4 Å². The first kappa shape index (κ1) is 24.7. The first-order valence-electron chi connectivity index (χ1n) is 11.5. The Bertz CT molecular complexity index is 1310. The number of rotatable bonds is 11. The van der Waals surface area contributed by atoms with Crippen molar-refractivity contribution in [3.8, 4) is 17.2 Å². The number of amides is 1. The third-order valence-electron chi connectivity index (χ3n) is 5.41. The number of benzene rings is 3. The van der Waals surface area contributed by atoms with Gasteiger partial charge in [0.15, 0.2) is 0 Å². The van der Waals surface area contributed by atoms with Gasteiger partial charge in [0.2, 0.25) is 5.89 Å². The van der Waals surface area contributed by atoms with E-state index in [0.29, 0.717) is 30.2 Å². The maximum Gasteiger partial charge on any atom is 0.319 e. The summed E-state index contributed by atoms with van der Waals surface area (Å²) in [6.07, 6.45) is 0.574. The first-order valence-corrected chi connectivity index (χ1v) is 11.5. The van der Waals surface area contributed by atoms with Gasteiger partial charge in [0.25, 0.3) is 5.91 Å². The van der Waals surface area contributed by atoms with Gasteiger partial charge in [-0.2, -0.15) is 0 Å². The van der Waals surface area contributed by atoms with Crippen LogP contribution in [0.4, 0.5) is 0 Å². The van der Waals surface area contributed by atoms with Crippen molar-refractivity contribution in [3.63, 3.8) is 0 Å². The molecule has 0 saturated carbocycles. The molecule has 0 unspecified atom stereocenters. The van der Waals surface area contributed by atoms with Crippen molar-refractivity contribution in [1.29, 1.82) is 0 Å². The molecule has 184 valence electrons. The number of hydrazine groups is 1. The summed E-state index contributed by atoms with van der Waals surface area (Å²) in [4.78, 5) is 28.5. The molecular formula is C28H27N3O5. The van der Waals surface area contributed by atoms with Gasteiger partial charge >= 0.3 is 5.97 Å². The number of carboxylic acids is 1. The number of nitrogens with one attached hydrogen (secondary N) is 1. The quantitative estimate of drug-likeness (QED) is 0.301. The van der Waals surface area contributed by atoms with Gasteiger partial charge < -0.3 is 14.3 Å². The second kappa shape index (κ2) is 11.8. The summed E-state index contributed by atoms with van der Waals surface area (Å²) < 4.78 is 11.7. The number of hydrogen-bond acceptors (Lipinski definition) is 6. The standard InChI is InChI=1S/C28H27N3O5/c1-20-25(29-28(36-20)23-12-6-3-7-13-23)15-16-35-24-14-8-9-21(17-24)18-31(19-26(32)33)30-27(34)22-10-4-2-5-11-22/h2-14,17H,15-16,18-19H2,1H3,(H,30,34)(H,32,33). The van der Waals surface area contributed by atoms with Gasteiger partial charge in [-0.05, 0) is 48.9 Å². The number of nitrogens with zero attached hydrogens (tertiary/aromatic N) is 2. The Balaban J connectivity index is 1.36. The Hall–Kier alpha value is -4.43. The van der Waals surface area contributed by atoms with Crippen LogP contribution in [-0.4, -0.2) is 40.1 Å². The van der Waals surface area contributed by atoms with E-state index in [1.54, 1.807) is 24.3 Å². The Kier molecular flexibility index (Phi) is 8.10. The molecule has 1 heterocycles. The monoisotopic (exact) mass is 485 g/mol. The van der Waals surface area contributed by atoms with Crippen LogP contribution in [0.3, 0.4) is 0 Å². The average Bonchev–Trinajstić information content (AvgIpc) is 3.25. The largest absolute Gasteiger partial charge is 0.493 e. The average molecular weight is 486 g/mol. The number of carbonyl (C=O) groups excluding carboxylic acids is 1. The van der Waals surface area contributed by atoms with E-state index < -0.39 is 5.97 Å². The zero-order valence-corrected chi connectivity index (χ0v) is 19.9. The summed E-state index contributed by atoms with van der Waals surface area (Å²) in [6, 6.07) is 25.7. The van der Waals surface area contributed by atoms with Crippen LogP contribution in [0.15, 0.2) is 89.3 Å². The van der Waals surface area contributed by atoms with Gasteiger partial charge in [0.05, 0.1) is 12.3 Å². The second-order valence-corrected chi connectivity index (χ2v) is 8.19. The van der Waals surface area contributed by atoms with E-state index in [4.69, 9.17) is 9.15 Å². The maximum absolute atomic E-state index is 12.5. The van der Waals surface area contributed by atoms with Gasteiger partial charge in [-0.1, -0.05) is 48.5 Å². The molecule has 8 nitrogen and oxygen atoms in total. The third kappa shape index (κ3) is 6.80. The fourth-order valence-electron chi connectivity index (χ4n) is 3.68. The lowest BCUT2D eigenvalue weighted by molar-refractivity contribution is -0.139. The van der Waals surface area contributed by atoms with Crippen molar-refractivity contribution in [2.75, 3.05) is 13.2 Å². The SMILES string of the molecule is Cc1oc(-c2ccccc2)nc1CCOc1cccc(CN(CC(=O)O)NC(=O)c2ccccc2)c1. The highest BCUT2D eigenvalue weighted by Gasteiger charge is 2.15. The highest BCUT2D eigenvalue weighted by atomic mass is 16.5. The summed E-state index contributed by atoms with van der Waals surface area (Å²) in [7, 11) is 0. The van der Waals surface area contributed by atoms with E-state index in [2.05, 4.69) is 10.4 Å². The van der Waals surface area contributed by atoms with Crippen LogP contribution >= 0.6 is 0 Å². The molecular weight excluding hydrogens is 458 g/mol. The van der Waals surface area contributed by atoms with Crippen LogP contribution < -0.4 is 10.2 Å². The number of oxazole rings is 1. The molecule has 0 aliphatic rings. The van der Waals surface area contributed by atoms with Gasteiger partial charge in [-0.15, -0.1) is 0 Å². The maximum atomic E-state index is 12.5. The second-order valence-electron chi connectivity index (χ2n) is 8.19. The lowest BCUT2D eigenvalue weighted by Gasteiger charge is -2.21. The molecule has 0 aliphatic heterocycles. The number of carboxylic acid groups (broad SMARTS) is 1. The molecule has 0 radical (unpaired) electrons. The summed E-state index contributed by atoms with van der Waals surface area (Å²) in [5.41, 5.74) is 5.67. The number of carbonyl (C=O) groups is 2. The van der Waals surface area contributed by atoms with Crippen LogP contribution in [-0.2, 0) is 17.8 Å². The van der Waals surface area contributed by atoms with Gasteiger partial charge in [0, 0.05) is 24.1 Å². The predicted molar refractivity (Wildman–Crippen MR) is 134 cm³/mol. The smallest absolute Gasteiger partial charge is 0.319 e. The minimum absolute atomic E-state index is 0.199. The van der Waals surface area contributed by atoms with Gasteiger partial charge in [-0.3, -0.25) is 15.0 Å². The zero-order chi connectivity index (χ0) is 25.3. The lowest BCUT2D eigenvalue weighted by Crippen LogP contribution is -2.44. The van der Waals surface area contributed by atoms with Crippen LogP contribution in [0.5, 0.6) is 5.75 Å². The Labute approximate surface area is 209 Å². The van der Waals surface area contributed by atoms with Crippen LogP contribution in [0.1, 0.15) is 27.4 Å². The highest BCUT2D eigenvalue weighted by molar-refractivity contribution is 5.93. The minimum Gasteiger partial charge on any atom is -0.493 e. The minimum atomic E-state index is -1.05. The molecule has 0 aliphatic carbocycles. The van der Waals surface area contributed by atoms with Crippen LogP contribution in [0, 0.1) is 6.92 Å². The lowest BCUT2D eigenvalue weighted by atomic mass is 10.2. The predicted octanol–water partition coefficient (Wildman–Crippen LogP) is 4.50. The van der Waals surface area contributed by atoms with Crippen LogP contribution in [0.2, 0.25) is 0 Å². The third-order valence-corrected chi connectivity index (χ3v) is 5.41. The molecule has 0 bridgehead atoms. The van der Waals surface area contributed by atoms with E-state index in [1.807, 2.05) is 67.6 Å². The number of hydrogen-bond donors (Lipinski definition) is 2. The summed E-state index contributed by atoms with van der Waals surface area (Å²) in [5, 5.41) is 10.7.